The van der Waals surface area contributed by atoms with Crippen LogP contribution in [0, 0.1) is 5.92 Å². The van der Waals surface area contributed by atoms with E-state index in [2.05, 4.69) is 35.2 Å². The highest BCUT2D eigenvalue weighted by Crippen LogP contribution is 2.41. The van der Waals surface area contributed by atoms with E-state index < -0.39 is 0 Å². The molecule has 1 saturated heterocycles. The minimum absolute atomic E-state index is 0.463. The molecule has 3 rings (SSSR count). The van der Waals surface area contributed by atoms with Gasteiger partial charge in [0.25, 0.3) is 0 Å². The third-order valence-electron chi connectivity index (χ3n) is 3.87. The molecule has 3 unspecified atom stereocenters. The standard InChI is InChI=1S/C13H17NO/c1-15-13-10-7-8-12(13)14(9-10)11-5-3-2-4-6-11/h2-6,10,12-13H,7-9H2,1H3. The van der Waals surface area contributed by atoms with E-state index in [1.807, 2.05) is 7.11 Å². The van der Waals surface area contributed by atoms with E-state index in [0.717, 1.165) is 5.92 Å². The zero-order valence-corrected chi connectivity index (χ0v) is 9.10. The number of anilines is 1. The summed E-state index contributed by atoms with van der Waals surface area (Å²) < 4.78 is 5.61. The molecule has 1 aromatic rings. The maximum atomic E-state index is 5.61. The van der Waals surface area contributed by atoms with Crippen LogP contribution in [0.25, 0.3) is 0 Å². The largest absolute Gasteiger partial charge is 0.379 e. The van der Waals surface area contributed by atoms with E-state index in [1.165, 1.54) is 25.1 Å². The number of rotatable bonds is 2. The lowest BCUT2D eigenvalue weighted by atomic mass is 10.1. The number of ether oxygens (including phenoxy) is 1. The van der Waals surface area contributed by atoms with Gasteiger partial charge >= 0.3 is 0 Å². The molecular weight excluding hydrogens is 186 g/mol. The quantitative estimate of drug-likeness (QED) is 0.731. The Morgan fingerprint density at radius 1 is 1.20 bits per heavy atom. The molecule has 1 aliphatic heterocycles. The molecule has 0 aromatic heterocycles. The van der Waals surface area contributed by atoms with Gasteiger partial charge < -0.3 is 9.64 Å². The van der Waals surface area contributed by atoms with E-state index in [4.69, 9.17) is 4.74 Å². The van der Waals surface area contributed by atoms with E-state index in [9.17, 15) is 0 Å². The number of piperidine rings is 1. The third kappa shape index (κ3) is 1.36. The highest BCUT2D eigenvalue weighted by atomic mass is 16.5. The van der Waals surface area contributed by atoms with Crippen LogP contribution in [0.3, 0.4) is 0 Å². The van der Waals surface area contributed by atoms with Gasteiger partial charge in [-0.3, -0.25) is 0 Å². The molecule has 2 fully saturated rings. The highest BCUT2D eigenvalue weighted by molar-refractivity contribution is 5.49. The zero-order valence-electron chi connectivity index (χ0n) is 9.10. The lowest BCUT2D eigenvalue weighted by molar-refractivity contribution is 0.0854. The van der Waals surface area contributed by atoms with Gasteiger partial charge in [0, 0.05) is 25.3 Å². The summed E-state index contributed by atoms with van der Waals surface area (Å²) in [7, 11) is 1.85. The molecule has 2 nitrogen and oxygen atoms in total. The van der Waals surface area contributed by atoms with Crippen molar-refractivity contribution in [3.05, 3.63) is 30.3 Å². The fourth-order valence-corrected chi connectivity index (χ4v) is 3.21. The van der Waals surface area contributed by atoms with Gasteiger partial charge in [-0.1, -0.05) is 18.2 Å². The Kier molecular flexibility index (Phi) is 2.17. The normalized spacial score (nSPS) is 33.7. The summed E-state index contributed by atoms with van der Waals surface area (Å²) in [6.07, 6.45) is 3.09. The van der Waals surface area contributed by atoms with Crippen LogP contribution < -0.4 is 4.90 Å². The third-order valence-corrected chi connectivity index (χ3v) is 3.87. The van der Waals surface area contributed by atoms with Crippen molar-refractivity contribution in [1.82, 2.24) is 0 Å². The second-order valence-corrected chi connectivity index (χ2v) is 4.59. The number of fused-ring (bicyclic) bond motifs is 2. The second kappa shape index (κ2) is 3.53. The van der Waals surface area contributed by atoms with Gasteiger partial charge in [0.15, 0.2) is 0 Å². The fourth-order valence-electron chi connectivity index (χ4n) is 3.21. The first-order valence-corrected chi connectivity index (χ1v) is 5.74. The molecule has 0 amide bonds. The molecule has 1 aliphatic carbocycles. The first-order valence-electron chi connectivity index (χ1n) is 5.74. The van der Waals surface area contributed by atoms with Gasteiger partial charge in [0.1, 0.15) is 0 Å². The molecule has 2 bridgehead atoms. The number of methoxy groups -OCH3 is 1. The summed E-state index contributed by atoms with van der Waals surface area (Å²) in [5.41, 5.74) is 1.35. The molecule has 80 valence electrons. The maximum absolute atomic E-state index is 5.61. The Morgan fingerprint density at radius 3 is 2.67 bits per heavy atom. The van der Waals surface area contributed by atoms with Crippen molar-refractivity contribution in [3.63, 3.8) is 0 Å². The van der Waals surface area contributed by atoms with Crippen molar-refractivity contribution in [2.45, 2.75) is 25.0 Å². The Morgan fingerprint density at radius 2 is 2.00 bits per heavy atom. The Balaban J connectivity index is 1.86. The minimum atomic E-state index is 0.463. The second-order valence-electron chi connectivity index (χ2n) is 4.59. The van der Waals surface area contributed by atoms with E-state index in [0.29, 0.717) is 12.1 Å². The molecule has 2 aliphatic rings. The summed E-state index contributed by atoms with van der Waals surface area (Å²) in [4.78, 5) is 2.52. The van der Waals surface area contributed by atoms with Crippen LogP contribution in [0.5, 0.6) is 0 Å². The molecule has 1 aromatic carbocycles. The maximum Gasteiger partial charge on any atom is 0.0819 e. The average molecular weight is 203 g/mol. The van der Waals surface area contributed by atoms with Crippen LogP contribution in [0.4, 0.5) is 5.69 Å². The Hall–Kier alpha value is -1.02. The zero-order chi connectivity index (χ0) is 10.3. The predicted molar refractivity (Wildman–Crippen MR) is 61.1 cm³/mol. The SMILES string of the molecule is COC1C2CCC1N(c1ccccc1)C2. The fraction of sp³-hybridized carbons (Fsp3) is 0.538. The van der Waals surface area contributed by atoms with Crippen molar-refractivity contribution in [2.24, 2.45) is 5.92 Å². The van der Waals surface area contributed by atoms with Crippen LogP contribution in [-0.4, -0.2) is 25.8 Å². The molecule has 15 heavy (non-hydrogen) atoms. The number of nitrogens with zero attached hydrogens (tertiary/aromatic N) is 1. The summed E-state index contributed by atoms with van der Waals surface area (Å²) >= 11 is 0. The summed E-state index contributed by atoms with van der Waals surface area (Å²) in [5, 5.41) is 0. The van der Waals surface area contributed by atoms with Crippen molar-refractivity contribution in [2.75, 3.05) is 18.6 Å². The molecular formula is C13H17NO. The molecule has 2 heteroatoms. The topological polar surface area (TPSA) is 12.5 Å². The smallest absolute Gasteiger partial charge is 0.0819 e. The molecule has 0 spiro atoms. The molecule has 3 atom stereocenters. The first-order chi connectivity index (χ1) is 7.40. The van der Waals surface area contributed by atoms with Crippen molar-refractivity contribution in [1.29, 1.82) is 0 Å². The van der Waals surface area contributed by atoms with Crippen LogP contribution in [0.2, 0.25) is 0 Å². The molecule has 0 radical (unpaired) electrons. The van der Waals surface area contributed by atoms with Gasteiger partial charge in [-0.2, -0.15) is 0 Å². The van der Waals surface area contributed by atoms with Crippen LogP contribution in [0.15, 0.2) is 30.3 Å². The number of para-hydroxylation sites is 1. The lowest BCUT2D eigenvalue weighted by Crippen LogP contribution is -2.34. The van der Waals surface area contributed by atoms with E-state index >= 15 is 0 Å². The first kappa shape index (κ1) is 9.22. The van der Waals surface area contributed by atoms with Crippen LogP contribution >= 0.6 is 0 Å². The lowest BCUT2D eigenvalue weighted by Gasteiger charge is -2.29. The molecule has 1 saturated carbocycles. The van der Waals surface area contributed by atoms with Crippen LogP contribution in [-0.2, 0) is 4.74 Å². The van der Waals surface area contributed by atoms with Crippen molar-refractivity contribution in [3.8, 4) is 0 Å². The van der Waals surface area contributed by atoms with Crippen LogP contribution in [0.1, 0.15) is 12.8 Å². The average Bonchev–Trinajstić information content (AvgIpc) is 2.86. The molecule has 0 N–H and O–H groups in total. The number of hydrogen-bond acceptors (Lipinski definition) is 2. The number of hydrogen-bond donors (Lipinski definition) is 0. The van der Waals surface area contributed by atoms with Crippen molar-refractivity contribution >= 4 is 5.69 Å². The molecule has 1 heterocycles. The Bertz CT molecular complexity index is 338. The minimum Gasteiger partial charge on any atom is -0.379 e. The van der Waals surface area contributed by atoms with Crippen molar-refractivity contribution < 1.29 is 4.74 Å². The van der Waals surface area contributed by atoms with Gasteiger partial charge in [0.05, 0.1) is 12.1 Å². The highest BCUT2D eigenvalue weighted by Gasteiger charge is 2.46. The number of benzene rings is 1. The summed E-state index contributed by atoms with van der Waals surface area (Å²) in [6, 6.07) is 11.3. The predicted octanol–water partition coefficient (Wildman–Crippen LogP) is 2.30. The monoisotopic (exact) mass is 203 g/mol. The van der Waals surface area contributed by atoms with E-state index in [-0.39, 0.29) is 0 Å². The van der Waals surface area contributed by atoms with Gasteiger partial charge in [-0.25, -0.2) is 0 Å². The van der Waals surface area contributed by atoms with Gasteiger partial charge in [0.2, 0.25) is 0 Å². The summed E-state index contributed by atoms with van der Waals surface area (Å²) in [6.45, 7) is 1.17. The summed E-state index contributed by atoms with van der Waals surface area (Å²) in [5.74, 6) is 0.750. The van der Waals surface area contributed by atoms with Gasteiger partial charge in [-0.15, -0.1) is 0 Å². The van der Waals surface area contributed by atoms with E-state index in [1.54, 1.807) is 0 Å². The van der Waals surface area contributed by atoms with Gasteiger partial charge in [-0.05, 0) is 25.0 Å². The Labute approximate surface area is 90.8 Å².